The van der Waals surface area contributed by atoms with Crippen LogP contribution in [-0.4, -0.2) is 52.6 Å². The summed E-state index contributed by atoms with van der Waals surface area (Å²) in [7, 11) is 0. The number of nitrogens with two attached hydrogens (primary N) is 1. The fourth-order valence-corrected chi connectivity index (χ4v) is 4.86. The number of ketones is 1. The Bertz CT molecular complexity index is 1080. The van der Waals surface area contributed by atoms with Gasteiger partial charge < -0.3 is 19.9 Å². The smallest absolute Gasteiger partial charge is 0.191 e. The lowest BCUT2D eigenvalue weighted by Crippen LogP contribution is -2.36. The third kappa shape index (κ3) is 5.26. The summed E-state index contributed by atoms with van der Waals surface area (Å²) in [5.74, 6) is 1.21. The second-order valence-corrected chi connectivity index (χ2v) is 8.91. The van der Waals surface area contributed by atoms with Crippen molar-refractivity contribution in [1.82, 2.24) is 14.8 Å². The first-order valence-electron chi connectivity index (χ1n) is 10.6. The van der Waals surface area contributed by atoms with E-state index in [1.807, 2.05) is 54.0 Å². The highest BCUT2D eigenvalue weighted by atomic mass is 35.5. The molecule has 1 fully saturated rings. The molecule has 2 aromatic carbocycles. The molecule has 4 rings (SSSR count). The van der Waals surface area contributed by atoms with Crippen molar-refractivity contribution in [3.8, 4) is 11.4 Å². The number of benzene rings is 2. The van der Waals surface area contributed by atoms with Crippen LogP contribution in [0.2, 0.25) is 5.02 Å². The van der Waals surface area contributed by atoms with Crippen molar-refractivity contribution < 1.29 is 9.53 Å². The summed E-state index contributed by atoms with van der Waals surface area (Å²) in [6, 6.07) is 13.4. The van der Waals surface area contributed by atoms with Crippen molar-refractivity contribution in [2.24, 2.45) is 0 Å². The number of nitrogen functional groups attached to an aromatic ring is 1. The lowest BCUT2D eigenvalue weighted by molar-refractivity contribution is -0.116. The van der Waals surface area contributed by atoms with Gasteiger partial charge in [0.2, 0.25) is 0 Å². The molecule has 0 amide bonds. The number of halogens is 1. The summed E-state index contributed by atoms with van der Waals surface area (Å²) >= 11 is 7.91. The first-order valence-corrected chi connectivity index (χ1v) is 12.0. The van der Waals surface area contributed by atoms with Gasteiger partial charge in [0, 0.05) is 37.3 Å². The fraction of sp³-hybridized carbons (Fsp3) is 0.348. The van der Waals surface area contributed by atoms with Gasteiger partial charge in [-0.05, 0) is 48.9 Å². The third-order valence-electron chi connectivity index (χ3n) is 5.33. The van der Waals surface area contributed by atoms with Gasteiger partial charge in [-0.1, -0.05) is 29.4 Å². The Morgan fingerprint density at radius 2 is 1.91 bits per heavy atom. The van der Waals surface area contributed by atoms with Crippen LogP contribution in [0.15, 0.2) is 47.6 Å². The Balaban J connectivity index is 1.38. The normalized spacial score (nSPS) is 14.0. The highest BCUT2D eigenvalue weighted by molar-refractivity contribution is 7.99. The molecule has 168 valence electrons. The van der Waals surface area contributed by atoms with Gasteiger partial charge in [-0.25, -0.2) is 0 Å². The monoisotopic (exact) mass is 471 g/mol. The average Bonchev–Trinajstić information content (AvgIpc) is 3.22. The van der Waals surface area contributed by atoms with Gasteiger partial charge >= 0.3 is 0 Å². The number of rotatable bonds is 8. The number of morpholine rings is 1. The molecule has 2 heterocycles. The van der Waals surface area contributed by atoms with Crippen LogP contribution in [0.25, 0.3) is 11.4 Å². The molecule has 1 aromatic heterocycles. The lowest BCUT2D eigenvalue weighted by atomic mass is 10.1. The maximum absolute atomic E-state index is 12.6. The highest BCUT2D eigenvalue weighted by Crippen LogP contribution is 2.29. The molecular formula is C23H26ClN5O2S. The first kappa shape index (κ1) is 22.6. The van der Waals surface area contributed by atoms with Crippen LogP contribution in [0.4, 0.5) is 11.4 Å². The van der Waals surface area contributed by atoms with E-state index in [4.69, 9.17) is 22.1 Å². The van der Waals surface area contributed by atoms with E-state index in [1.54, 1.807) is 0 Å². The van der Waals surface area contributed by atoms with E-state index in [1.165, 1.54) is 11.8 Å². The average molecular weight is 472 g/mol. The summed E-state index contributed by atoms with van der Waals surface area (Å²) in [5, 5.41) is 10.0. The zero-order chi connectivity index (χ0) is 22.5. The molecule has 0 saturated carbocycles. The maximum atomic E-state index is 12.6. The molecule has 1 aliphatic heterocycles. The Morgan fingerprint density at radius 1 is 1.16 bits per heavy atom. The summed E-state index contributed by atoms with van der Waals surface area (Å²) < 4.78 is 7.41. The molecule has 1 saturated heterocycles. The molecule has 1 aliphatic rings. The van der Waals surface area contributed by atoms with Gasteiger partial charge in [0.1, 0.15) is 5.78 Å². The summed E-state index contributed by atoms with van der Waals surface area (Å²) in [5.41, 5.74) is 9.34. The molecule has 2 N–H and O–H groups in total. The molecule has 3 aromatic rings. The second-order valence-electron chi connectivity index (χ2n) is 7.56. The molecule has 32 heavy (non-hydrogen) atoms. The molecule has 9 heteroatoms. The van der Waals surface area contributed by atoms with Crippen molar-refractivity contribution >= 4 is 40.5 Å². The first-order chi connectivity index (χ1) is 15.5. The SMILES string of the molecule is CCn1c(SCC(=O)Cc2ccc(N3CCOCC3)c(Cl)c2)nnc1-c1ccc(N)cc1. The van der Waals surface area contributed by atoms with Gasteiger partial charge in [0.05, 0.1) is 29.7 Å². The van der Waals surface area contributed by atoms with E-state index in [0.29, 0.717) is 42.6 Å². The van der Waals surface area contributed by atoms with Gasteiger partial charge in [-0.15, -0.1) is 10.2 Å². The predicted octanol–water partition coefficient (Wildman–Crippen LogP) is 3.94. The molecule has 0 unspecified atom stereocenters. The quantitative estimate of drug-likeness (QED) is 0.393. The van der Waals surface area contributed by atoms with Crippen LogP contribution in [-0.2, 0) is 22.5 Å². The van der Waals surface area contributed by atoms with Crippen LogP contribution >= 0.6 is 23.4 Å². The van der Waals surface area contributed by atoms with Gasteiger partial charge in [0.15, 0.2) is 11.0 Å². The number of thioether (sulfide) groups is 1. The van der Waals surface area contributed by atoms with Crippen LogP contribution in [0.3, 0.4) is 0 Å². The Morgan fingerprint density at radius 3 is 2.59 bits per heavy atom. The Labute approximate surface area is 196 Å². The zero-order valence-corrected chi connectivity index (χ0v) is 19.5. The number of carbonyl (C=O) groups is 1. The fourth-order valence-electron chi connectivity index (χ4n) is 3.67. The minimum atomic E-state index is 0.116. The molecular weight excluding hydrogens is 446 g/mol. The summed E-state index contributed by atoms with van der Waals surface area (Å²) in [6.45, 7) is 5.80. The second kappa shape index (κ2) is 10.4. The van der Waals surface area contributed by atoms with Crippen LogP contribution in [0.5, 0.6) is 0 Å². The van der Waals surface area contributed by atoms with Crippen LogP contribution in [0, 0.1) is 0 Å². The molecule has 0 atom stereocenters. The number of anilines is 2. The predicted molar refractivity (Wildman–Crippen MR) is 129 cm³/mol. The summed E-state index contributed by atoms with van der Waals surface area (Å²) in [4.78, 5) is 14.8. The van der Waals surface area contributed by atoms with E-state index in [0.717, 1.165) is 40.9 Å². The van der Waals surface area contributed by atoms with E-state index >= 15 is 0 Å². The van der Waals surface area contributed by atoms with Crippen molar-refractivity contribution in [2.45, 2.75) is 25.0 Å². The van der Waals surface area contributed by atoms with E-state index in [-0.39, 0.29) is 5.78 Å². The van der Waals surface area contributed by atoms with Crippen molar-refractivity contribution in [3.05, 3.63) is 53.1 Å². The zero-order valence-electron chi connectivity index (χ0n) is 18.0. The molecule has 0 spiro atoms. The summed E-state index contributed by atoms with van der Waals surface area (Å²) in [6.07, 6.45) is 0.335. The number of hydrogen-bond donors (Lipinski definition) is 1. The number of nitrogens with zero attached hydrogens (tertiary/aromatic N) is 4. The third-order valence-corrected chi connectivity index (χ3v) is 6.66. The van der Waals surface area contributed by atoms with Gasteiger partial charge in [0.25, 0.3) is 0 Å². The largest absolute Gasteiger partial charge is 0.399 e. The molecule has 0 aliphatic carbocycles. The highest BCUT2D eigenvalue weighted by Gasteiger charge is 2.17. The van der Waals surface area contributed by atoms with Crippen LogP contribution in [0.1, 0.15) is 12.5 Å². The van der Waals surface area contributed by atoms with Crippen LogP contribution < -0.4 is 10.6 Å². The number of ether oxygens (including phenoxy) is 1. The van der Waals surface area contributed by atoms with E-state index in [2.05, 4.69) is 15.1 Å². The maximum Gasteiger partial charge on any atom is 0.191 e. The van der Waals surface area contributed by atoms with Gasteiger partial charge in [-0.3, -0.25) is 4.79 Å². The van der Waals surface area contributed by atoms with Gasteiger partial charge in [-0.2, -0.15) is 0 Å². The number of hydrogen-bond acceptors (Lipinski definition) is 7. The molecule has 7 nitrogen and oxygen atoms in total. The van der Waals surface area contributed by atoms with E-state index in [9.17, 15) is 4.79 Å². The minimum Gasteiger partial charge on any atom is -0.399 e. The van der Waals surface area contributed by atoms with E-state index < -0.39 is 0 Å². The van der Waals surface area contributed by atoms with Crippen molar-refractivity contribution in [2.75, 3.05) is 42.7 Å². The topological polar surface area (TPSA) is 86.3 Å². The lowest BCUT2D eigenvalue weighted by Gasteiger charge is -2.29. The molecule has 0 radical (unpaired) electrons. The van der Waals surface area contributed by atoms with Crippen molar-refractivity contribution in [1.29, 1.82) is 0 Å². The Hall–Kier alpha value is -2.55. The Kier molecular flexibility index (Phi) is 7.34. The standard InChI is InChI=1S/C23H26ClN5O2S/c1-2-29-22(17-4-6-18(25)7-5-17)26-27-23(29)32-15-19(30)13-16-3-8-21(20(24)14-16)28-9-11-31-12-10-28/h3-8,14H,2,9-13,15,25H2,1H3. The number of carbonyl (C=O) groups excluding carboxylic acids is 1. The number of Topliss-reactive ketones (excluding diaryl/α,β-unsaturated/α-hetero) is 1. The molecule has 0 bridgehead atoms. The number of aromatic nitrogens is 3. The van der Waals surface area contributed by atoms with Crippen molar-refractivity contribution in [3.63, 3.8) is 0 Å². The minimum absolute atomic E-state index is 0.116.